The summed E-state index contributed by atoms with van der Waals surface area (Å²) in [6, 6.07) is 16.4. The van der Waals surface area contributed by atoms with Crippen molar-refractivity contribution in [2.24, 2.45) is 0 Å². The second-order valence-corrected chi connectivity index (χ2v) is 8.20. The third kappa shape index (κ3) is 5.10. The Kier molecular flexibility index (Phi) is 6.37. The number of rotatable bonds is 6. The van der Waals surface area contributed by atoms with Crippen molar-refractivity contribution in [1.82, 2.24) is 10.6 Å². The Hall–Kier alpha value is -4.51. The molecule has 0 radical (unpaired) electrons. The highest BCUT2D eigenvalue weighted by Crippen LogP contribution is 2.31. The van der Waals surface area contributed by atoms with E-state index in [1.807, 2.05) is 47.0 Å². The molecule has 0 spiro atoms. The van der Waals surface area contributed by atoms with E-state index in [1.54, 1.807) is 6.07 Å². The number of imide groups is 2. The van der Waals surface area contributed by atoms with E-state index < -0.39 is 22.8 Å². The molecule has 0 aliphatic carbocycles. The fourth-order valence-electron chi connectivity index (χ4n) is 3.27. The Morgan fingerprint density at radius 2 is 1.68 bits per heavy atom. The molecule has 0 bridgehead atoms. The molecular weight excluding hydrogens is 460 g/mol. The molecule has 0 aromatic heterocycles. The van der Waals surface area contributed by atoms with Crippen molar-refractivity contribution in [2.45, 2.75) is 4.90 Å². The molecule has 11 heteroatoms. The predicted octanol–water partition coefficient (Wildman–Crippen LogP) is 3.23. The minimum atomic E-state index is -0.938. The lowest BCUT2D eigenvalue weighted by molar-refractivity contribution is -0.387. The monoisotopic (exact) mass is 476 g/mol. The van der Waals surface area contributed by atoms with Crippen molar-refractivity contribution in [3.8, 4) is 0 Å². The molecule has 1 heterocycles. The molecule has 5 amide bonds. The Morgan fingerprint density at radius 3 is 2.38 bits per heavy atom. The van der Waals surface area contributed by atoms with Crippen molar-refractivity contribution in [3.63, 3.8) is 0 Å². The normalized spacial score (nSPS) is 13.3. The number of hydrogen-bond acceptors (Lipinski definition) is 7. The van der Waals surface area contributed by atoms with E-state index in [9.17, 15) is 29.3 Å². The highest BCUT2D eigenvalue weighted by Gasteiger charge is 2.28. The van der Waals surface area contributed by atoms with Gasteiger partial charge in [-0.15, -0.1) is 11.8 Å². The van der Waals surface area contributed by atoms with Crippen molar-refractivity contribution >= 4 is 63.7 Å². The summed E-state index contributed by atoms with van der Waals surface area (Å²) in [5.74, 6) is -2.21. The maximum absolute atomic E-state index is 12.4. The number of amides is 5. The highest BCUT2D eigenvalue weighted by molar-refractivity contribution is 8.00. The Bertz CT molecular complexity index is 1380. The maximum Gasteiger partial charge on any atom is 0.328 e. The summed E-state index contributed by atoms with van der Waals surface area (Å²) in [5, 5.41) is 20.2. The molecule has 1 fully saturated rings. The average molecular weight is 476 g/mol. The smallest absolute Gasteiger partial charge is 0.325 e. The molecule has 0 saturated carbocycles. The summed E-state index contributed by atoms with van der Waals surface area (Å²) in [7, 11) is 0. The van der Waals surface area contributed by atoms with Crippen LogP contribution in [-0.2, 0) is 14.4 Å². The van der Waals surface area contributed by atoms with Crippen molar-refractivity contribution in [3.05, 3.63) is 81.9 Å². The second kappa shape index (κ2) is 9.55. The molecular formula is C23H16N4O6S. The van der Waals surface area contributed by atoms with Crippen LogP contribution in [0.1, 0.15) is 5.56 Å². The number of nitrogens with one attached hydrogen (secondary N) is 3. The highest BCUT2D eigenvalue weighted by atomic mass is 32.2. The number of benzene rings is 3. The van der Waals surface area contributed by atoms with Crippen LogP contribution in [0.4, 0.5) is 16.2 Å². The summed E-state index contributed by atoms with van der Waals surface area (Å²) in [6.45, 7) is 0. The summed E-state index contributed by atoms with van der Waals surface area (Å²) < 4.78 is 0. The summed E-state index contributed by atoms with van der Waals surface area (Å²) >= 11 is 0.985. The first-order chi connectivity index (χ1) is 16.3. The van der Waals surface area contributed by atoms with Crippen molar-refractivity contribution < 1.29 is 24.1 Å². The predicted molar refractivity (Wildman–Crippen MR) is 126 cm³/mol. The summed E-state index contributed by atoms with van der Waals surface area (Å²) in [6.07, 6.45) is 1.14. The van der Waals surface area contributed by atoms with Crippen LogP contribution < -0.4 is 16.0 Å². The zero-order valence-electron chi connectivity index (χ0n) is 17.4. The number of hydrogen-bond donors (Lipinski definition) is 3. The van der Waals surface area contributed by atoms with Gasteiger partial charge in [-0.25, -0.2) is 4.79 Å². The molecule has 34 heavy (non-hydrogen) atoms. The largest absolute Gasteiger partial charge is 0.328 e. The standard InChI is InChI=1S/C23H16N4O6S/c28-20(24-16-7-6-14-3-1-2-4-15(14)11-16)12-34-19-8-5-13(10-18(19)27(32)33)9-17-21(29)25-23(31)26-22(17)30/h1-11H,12H2,(H,24,28)(H2,25,26,29,30,31). The fourth-order valence-corrected chi connectivity index (χ4v) is 4.07. The lowest BCUT2D eigenvalue weighted by Crippen LogP contribution is -2.51. The molecule has 3 aromatic rings. The third-order valence-electron chi connectivity index (χ3n) is 4.83. The van der Waals surface area contributed by atoms with Crippen LogP contribution in [-0.4, -0.2) is 34.4 Å². The first kappa shape index (κ1) is 22.7. The molecule has 1 aliphatic heterocycles. The first-order valence-electron chi connectivity index (χ1n) is 9.88. The third-order valence-corrected chi connectivity index (χ3v) is 5.89. The number of nitrogens with zero attached hydrogens (tertiary/aromatic N) is 1. The van der Waals surface area contributed by atoms with Gasteiger partial charge in [-0.3, -0.25) is 35.1 Å². The van der Waals surface area contributed by atoms with E-state index in [4.69, 9.17) is 0 Å². The van der Waals surface area contributed by atoms with Gasteiger partial charge in [-0.1, -0.05) is 36.4 Å². The van der Waals surface area contributed by atoms with Crippen LogP contribution in [0, 0.1) is 10.1 Å². The Balaban J connectivity index is 1.47. The maximum atomic E-state index is 12.4. The van der Waals surface area contributed by atoms with Gasteiger partial charge in [0.2, 0.25) is 5.91 Å². The van der Waals surface area contributed by atoms with Crippen LogP contribution in [0.5, 0.6) is 0 Å². The number of fused-ring (bicyclic) bond motifs is 1. The molecule has 1 saturated heterocycles. The number of thioether (sulfide) groups is 1. The fraction of sp³-hybridized carbons (Fsp3) is 0.0435. The number of carbonyl (C=O) groups is 4. The minimum Gasteiger partial charge on any atom is -0.325 e. The van der Waals surface area contributed by atoms with Gasteiger partial charge in [0.05, 0.1) is 15.6 Å². The average Bonchev–Trinajstić information content (AvgIpc) is 2.80. The van der Waals surface area contributed by atoms with E-state index in [1.165, 1.54) is 18.2 Å². The van der Waals surface area contributed by atoms with Gasteiger partial charge in [0.15, 0.2) is 0 Å². The van der Waals surface area contributed by atoms with E-state index in [2.05, 4.69) is 5.32 Å². The quantitative estimate of drug-likeness (QED) is 0.163. The van der Waals surface area contributed by atoms with Gasteiger partial charge in [-0.2, -0.15) is 0 Å². The first-order valence-corrected chi connectivity index (χ1v) is 10.9. The van der Waals surface area contributed by atoms with Crippen LogP contribution in [0.3, 0.4) is 0 Å². The molecule has 3 N–H and O–H groups in total. The molecule has 0 unspecified atom stereocenters. The van der Waals surface area contributed by atoms with E-state index in [0.29, 0.717) is 5.69 Å². The zero-order chi connectivity index (χ0) is 24.2. The SMILES string of the molecule is O=C(CSc1ccc(C=C2C(=O)NC(=O)NC2=O)cc1[N+](=O)[O-])Nc1ccc2ccccc2c1. The lowest BCUT2D eigenvalue weighted by atomic mass is 10.1. The van der Waals surface area contributed by atoms with Crippen LogP contribution in [0.15, 0.2) is 71.1 Å². The van der Waals surface area contributed by atoms with Gasteiger partial charge in [0, 0.05) is 11.8 Å². The molecule has 170 valence electrons. The number of anilines is 1. The van der Waals surface area contributed by atoms with E-state index >= 15 is 0 Å². The topological polar surface area (TPSA) is 148 Å². The molecule has 0 atom stereocenters. The van der Waals surface area contributed by atoms with Gasteiger partial charge < -0.3 is 5.32 Å². The number of barbiturate groups is 1. The lowest BCUT2D eigenvalue weighted by Gasteiger charge is -2.14. The van der Waals surface area contributed by atoms with E-state index in [0.717, 1.165) is 28.6 Å². The van der Waals surface area contributed by atoms with Gasteiger partial charge in [0.25, 0.3) is 17.5 Å². The zero-order valence-corrected chi connectivity index (χ0v) is 18.2. The molecule has 10 nitrogen and oxygen atoms in total. The summed E-state index contributed by atoms with van der Waals surface area (Å²) in [5.41, 5.74) is 0.184. The summed E-state index contributed by atoms with van der Waals surface area (Å²) in [4.78, 5) is 58.5. The molecule has 3 aromatic carbocycles. The molecule has 4 rings (SSSR count). The van der Waals surface area contributed by atoms with E-state index in [-0.39, 0.29) is 33.4 Å². The Labute approximate surface area is 196 Å². The van der Waals surface area contributed by atoms with Gasteiger partial charge >= 0.3 is 6.03 Å². The van der Waals surface area contributed by atoms with Crippen LogP contribution >= 0.6 is 11.8 Å². The second-order valence-electron chi connectivity index (χ2n) is 7.18. The number of urea groups is 1. The van der Waals surface area contributed by atoms with Crippen LogP contribution in [0.2, 0.25) is 0 Å². The number of nitro benzene ring substituents is 1. The number of carbonyl (C=O) groups excluding carboxylic acids is 4. The van der Waals surface area contributed by atoms with Gasteiger partial charge in [0.1, 0.15) is 5.57 Å². The molecule has 1 aliphatic rings. The van der Waals surface area contributed by atoms with Crippen LogP contribution in [0.25, 0.3) is 16.8 Å². The minimum absolute atomic E-state index is 0.0684. The van der Waals surface area contributed by atoms with Crippen molar-refractivity contribution in [2.75, 3.05) is 11.1 Å². The Morgan fingerprint density at radius 1 is 0.971 bits per heavy atom. The van der Waals surface area contributed by atoms with Crippen molar-refractivity contribution in [1.29, 1.82) is 0 Å². The number of nitro groups is 1. The van der Waals surface area contributed by atoms with Gasteiger partial charge in [-0.05, 0) is 40.6 Å².